The molecule has 13 heteroatoms. The molecule has 5 N–H and O–H groups in total. The zero-order valence-electron chi connectivity index (χ0n) is 21.5. The molecule has 3 aromatic heterocycles. The Labute approximate surface area is 233 Å². The van der Waals surface area contributed by atoms with Crippen LogP contribution < -0.4 is 20.7 Å². The molecule has 0 aliphatic heterocycles. The molecule has 0 radical (unpaired) electrons. The number of hydrogen-bond acceptors (Lipinski definition) is 10. The van der Waals surface area contributed by atoms with Crippen molar-refractivity contribution in [3.8, 4) is 5.88 Å². The number of H-pyrrole nitrogens is 1. The van der Waals surface area contributed by atoms with Crippen molar-refractivity contribution in [3.63, 3.8) is 0 Å². The second-order valence-electron chi connectivity index (χ2n) is 8.77. The minimum Gasteiger partial charge on any atom is -0.471 e. The number of likely N-dealkylation sites (N-methyl/N-ethyl adjacent to an activating group) is 1. The molecule has 12 nitrogen and oxygen atoms in total. The Morgan fingerprint density at radius 1 is 1.23 bits per heavy atom. The van der Waals surface area contributed by atoms with Gasteiger partial charge in [-0.1, -0.05) is 24.3 Å². The Bertz CT molecular complexity index is 1740. The molecule has 0 unspecified atom stereocenters. The first-order valence-electron chi connectivity index (χ1n) is 12.2. The standard InChI is InChI=1S/C27H25N9O3S/c1-29-20(12-22-33-19-8-7-18(11-21(19)40-22)36(2)9-10-37)25(38)30-13-16-3-5-17(6-4-16)14-39-26-23-24(32-15-31-23)34-27(28)35-26/h3-8,11-12,15,37H,9-10,13-14H2,2H3,(H,30,38)(H3,28,31,32,34,35)/b20-12-. The van der Waals surface area contributed by atoms with Crippen LogP contribution in [0.5, 0.6) is 5.88 Å². The highest BCUT2D eigenvalue weighted by molar-refractivity contribution is 7.19. The highest BCUT2D eigenvalue weighted by Gasteiger charge is 2.13. The Hall–Kier alpha value is -5.06. The number of aromatic amines is 1. The summed E-state index contributed by atoms with van der Waals surface area (Å²) in [6.45, 7) is 8.58. The number of rotatable bonds is 10. The van der Waals surface area contributed by atoms with Crippen LogP contribution in [0.3, 0.4) is 0 Å². The monoisotopic (exact) mass is 555 g/mol. The number of aromatic nitrogens is 5. The van der Waals surface area contributed by atoms with Gasteiger partial charge in [0.25, 0.3) is 11.6 Å². The molecule has 202 valence electrons. The van der Waals surface area contributed by atoms with Gasteiger partial charge in [-0.05, 0) is 35.4 Å². The number of nitrogen functional groups attached to an aromatic ring is 1. The van der Waals surface area contributed by atoms with Crippen molar-refractivity contribution in [2.45, 2.75) is 13.2 Å². The molecule has 0 aliphatic rings. The second-order valence-corrected chi connectivity index (χ2v) is 9.83. The van der Waals surface area contributed by atoms with Crippen LogP contribution in [0.15, 0.2) is 54.5 Å². The summed E-state index contributed by atoms with van der Waals surface area (Å²) in [4.78, 5) is 37.8. The second kappa shape index (κ2) is 11.8. The summed E-state index contributed by atoms with van der Waals surface area (Å²) in [5.41, 5.74) is 10.2. The number of benzene rings is 2. The number of imidazole rings is 1. The van der Waals surface area contributed by atoms with Crippen molar-refractivity contribution in [1.29, 1.82) is 0 Å². The summed E-state index contributed by atoms with van der Waals surface area (Å²) in [5.74, 6) is -0.0831. The van der Waals surface area contributed by atoms with Crippen LogP contribution in [0, 0.1) is 6.57 Å². The topological polar surface area (TPSA) is 160 Å². The van der Waals surface area contributed by atoms with Crippen LogP contribution >= 0.6 is 11.3 Å². The third-order valence-electron chi connectivity index (χ3n) is 6.00. The molecular weight excluding hydrogens is 530 g/mol. The average Bonchev–Trinajstić information content (AvgIpc) is 3.60. The first kappa shape index (κ1) is 26.5. The lowest BCUT2D eigenvalue weighted by molar-refractivity contribution is -0.117. The van der Waals surface area contributed by atoms with Gasteiger partial charge in [0.2, 0.25) is 11.8 Å². The van der Waals surface area contributed by atoms with Crippen LogP contribution in [0.1, 0.15) is 16.1 Å². The predicted molar refractivity (Wildman–Crippen MR) is 153 cm³/mol. The number of nitrogens with one attached hydrogen (secondary N) is 2. The van der Waals surface area contributed by atoms with E-state index in [1.165, 1.54) is 23.7 Å². The molecule has 0 bridgehead atoms. The summed E-state index contributed by atoms with van der Waals surface area (Å²) in [6.07, 6.45) is 3.00. The highest BCUT2D eigenvalue weighted by atomic mass is 32.1. The number of nitrogens with two attached hydrogens (primary N) is 1. The third kappa shape index (κ3) is 5.98. The SMILES string of the molecule is [C-]#[N+]/C(=C\c1nc2ccc(N(C)CCO)cc2s1)C(=O)NCc1ccc(COc2nc(N)nc3nc[nH]c23)cc1. The van der Waals surface area contributed by atoms with Gasteiger partial charge in [0.1, 0.15) is 17.1 Å². The summed E-state index contributed by atoms with van der Waals surface area (Å²) in [7, 11) is 1.90. The maximum Gasteiger partial charge on any atom is 0.252 e. The molecule has 0 aliphatic carbocycles. The van der Waals surface area contributed by atoms with Gasteiger partial charge in [0, 0.05) is 25.8 Å². The number of thiazole rings is 1. The number of aliphatic hydroxyl groups excluding tert-OH is 1. The fourth-order valence-corrected chi connectivity index (χ4v) is 4.82. The van der Waals surface area contributed by atoms with Gasteiger partial charge in [-0.15, -0.1) is 11.3 Å². The van der Waals surface area contributed by atoms with Crippen LogP contribution in [-0.2, 0) is 17.9 Å². The van der Waals surface area contributed by atoms with Gasteiger partial charge < -0.3 is 30.8 Å². The molecule has 0 atom stereocenters. The van der Waals surface area contributed by atoms with Crippen molar-refractivity contribution in [1.82, 2.24) is 30.2 Å². The first-order chi connectivity index (χ1) is 19.4. The first-order valence-corrected chi connectivity index (χ1v) is 13.0. The van der Waals surface area contributed by atoms with Crippen LogP contribution in [0.4, 0.5) is 11.6 Å². The Balaban J connectivity index is 1.19. The van der Waals surface area contributed by atoms with Gasteiger partial charge in [0.15, 0.2) is 5.65 Å². The number of fused-ring (bicyclic) bond motifs is 2. The zero-order chi connectivity index (χ0) is 28.1. The number of nitrogens with zero attached hydrogens (tertiary/aromatic N) is 6. The molecule has 0 saturated carbocycles. The number of ether oxygens (including phenoxy) is 1. The van der Waals surface area contributed by atoms with E-state index in [2.05, 4.69) is 35.1 Å². The van der Waals surface area contributed by atoms with Crippen molar-refractivity contribution in [3.05, 3.63) is 82.0 Å². The van der Waals surface area contributed by atoms with Gasteiger partial charge in [-0.2, -0.15) is 9.97 Å². The fourth-order valence-electron chi connectivity index (χ4n) is 3.88. The van der Waals surface area contributed by atoms with Crippen LogP contribution in [0.2, 0.25) is 0 Å². The minimum absolute atomic E-state index is 0.0454. The molecular formula is C27H25N9O3S. The number of carbonyl (C=O) groups is 1. The lowest BCUT2D eigenvalue weighted by atomic mass is 10.1. The van der Waals surface area contributed by atoms with E-state index in [-0.39, 0.29) is 31.4 Å². The average molecular weight is 556 g/mol. The van der Waals surface area contributed by atoms with Gasteiger partial charge >= 0.3 is 0 Å². The van der Waals surface area contributed by atoms with Crippen molar-refractivity contribution in [2.24, 2.45) is 0 Å². The smallest absolute Gasteiger partial charge is 0.252 e. The van der Waals surface area contributed by atoms with Crippen molar-refractivity contribution in [2.75, 3.05) is 30.8 Å². The number of aliphatic hydroxyl groups is 1. The predicted octanol–water partition coefficient (Wildman–Crippen LogP) is 3.13. The lowest BCUT2D eigenvalue weighted by Crippen LogP contribution is -2.23. The maximum atomic E-state index is 12.7. The fraction of sp³-hybridized carbons (Fsp3) is 0.185. The Morgan fingerprint density at radius 3 is 2.80 bits per heavy atom. The van der Waals surface area contributed by atoms with E-state index in [1.807, 2.05) is 54.4 Å². The van der Waals surface area contributed by atoms with Crippen LogP contribution in [-0.4, -0.2) is 56.1 Å². The summed E-state index contributed by atoms with van der Waals surface area (Å²) < 4.78 is 6.74. The summed E-state index contributed by atoms with van der Waals surface area (Å²) in [5, 5.41) is 12.5. The van der Waals surface area contributed by atoms with Gasteiger partial charge in [-0.25, -0.2) is 14.8 Å². The van der Waals surface area contributed by atoms with E-state index >= 15 is 0 Å². The van der Waals surface area contributed by atoms with Crippen molar-refractivity contribution < 1.29 is 14.6 Å². The van der Waals surface area contributed by atoms with E-state index in [0.29, 0.717) is 28.6 Å². The number of anilines is 2. The summed E-state index contributed by atoms with van der Waals surface area (Å²) >= 11 is 1.40. The quantitative estimate of drug-likeness (QED) is 0.150. The van der Waals surface area contributed by atoms with E-state index in [9.17, 15) is 9.90 Å². The van der Waals surface area contributed by atoms with Crippen molar-refractivity contribution >= 4 is 56.3 Å². The number of amides is 1. The molecule has 1 amide bonds. The van der Waals surface area contributed by atoms with E-state index in [0.717, 1.165) is 27.0 Å². The summed E-state index contributed by atoms with van der Waals surface area (Å²) in [6, 6.07) is 13.3. The van der Waals surface area contributed by atoms with Gasteiger partial charge in [0.05, 0.1) is 29.7 Å². The normalized spacial score (nSPS) is 11.5. The molecule has 0 fully saturated rings. The number of carbonyl (C=O) groups excluding carboxylic acids is 1. The van der Waals surface area contributed by atoms with Crippen LogP contribution in [0.25, 0.3) is 32.3 Å². The molecule has 0 spiro atoms. The molecule has 40 heavy (non-hydrogen) atoms. The molecule has 3 heterocycles. The third-order valence-corrected chi connectivity index (χ3v) is 6.96. The Morgan fingerprint density at radius 2 is 2.02 bits per heavy atom. The number of hydrogen-bond donors (Lipinski definition) is 4. The molecule has 0 saturated heterocycles. The van der Waals surface area contributed by atoms with E-state index < -0.39 is 5.91 Å². The van der Waals surface area contributed by atoms with E-state index in [1.54, 1.807) is 0 Å². The highest BCUT2D eigenvalue weighted by Crippen LogP contribution is 2.28. The maximum absolute atomic E-state index is 12.7. The van der Waals surface area contributed by atoms with E-state index in [4.69, 9.17) is 17.0 Å². The lowest BCUT2D eigenvalue weighted by Gasteiger charge is -2.17. The zero-order valence-corrected chi connectivity index (χ0v) is 22.3. The Kier molecular flexibility index (Phi) is 7.81. The molecule has 5 aromatic rings. The largest absolute Gasteiger partial charge is 0.471 e. The van der Waals surface area contributed by atoms with Gasteiger partial charge in [-0.3, -0.25) is 4.79 Å². The molecule has 5 rings (SSSR count). The minimum atomic E-state index is -0.477. The molecule has 2 aromatic carbocycles.